The van der Waals surface area contributed by atoms with Crippen molar-refractivity contribution in [3.8, 4) is 12.3 Å². The zero-order chi connectivity index (χ0) is 10.5. The van der Waals surface area contributed by atoms with Gasteiger partial charge in [-0.2, -0.15) is 0 Å². The van der Waals surface area contributed by atoms with Gasteiger partial charge in [-0.15, -0.1) is 12.3 Å². The minimum absolute atomic E-state index is 0.386. The third-order valence-electron chi connectivity index (χ3n) is 1.31. The lowest BCUT2D eigenvalue weighted by Gasteiger charge is -2.21. The van der Waals surface area contributed by atoms with Gasteiger partial charge in [0.2, 0.25) is 0 Å². The summed E-state index contributed by atoms with van der Waals surface area (Å²) >= 11 is 0. The Morgan fingerprint density at radius 2 is 2.15 bits per heavy atom. The van der Waals surface area contributed by atoms with Gasteiger partial charge in [0.05, 0.1) is 0 Å². The first-order chi connectivity index (χ1) is 5.87. The molecule has 0 rings (SSSR count). The maximum atomic E-state index is 11.2. The number of nitrogens with two attached hydrogens (primary N) is 1. The van der Waals surface area contributed by atoms with Crippen molar-refractivity contribution in [1.82, 2.24) is 0 Å². The molecule has 74 valence electrons. The Hall–Kier alpha value is -1.01. The Bertz CT molecular complexity index is 210. The Morgan fingerprint density at radius 1 is 1.62 bits per heavy atom. The lowest BCUT2D eigenvalue weighted by molar-refractivity contribution is -0.156. The molecule has 0 radical (unpaired) electrons. The second-order valence-corrected chi connectivity index (χ2v) is 3.88. The van der Waals surface area contributed by atoms with Crippen LogP contribution in [0.4, 0.5) is 0 Å². The van der Waals surface area contributed by atoms with Crippen molar-refractivity contribution in [2.24, 2.45) is 5.73 Å². The summed E-state index contributed by atoms with van der Waals surface area (Å²) in [4.78, 5) is 11.2. The molecule has 0 spiro atoms. The van der Waals surface area contributed by atoms with E-state index in [-0.39, 0.29) is 5.97 Å². The monoisotopic (exact) mass is 183 g/mol. The van der Waals surface area contributed by atoms with Crippen LogP contribution in [0.5, 0.6) is 0 Å². The zero-order valence-electron chi connectivity index (χ0n) is 8.46. The van der Waals surface area contributed by atoms with E-state index in [1.54, 1.807) is 20.8 Å². The molecule has 0 aliphatic rings. The predicted molar refractivity (Wildman–Crippen MR) is 51.9 cm³/mol. The highest BCUT2D eigenvalue weighted by molar-refractivity contribution is 5.75. The summed E-state index contributed by atoms with van der Waals surface area (Å²) in [5.41, 5.74) is 5.06. The van der Waals surface area contributed by atoms with Crippen molar-refractivity contribution in [2.45, 2.75) is 45.3 Å². The number of hydrogen-bond donors (Lipinski definition) is 1. The predicted octanol–water partition coefficient (Wildman–Crippen LogP) is 1.07. The van der Waals surface area contributed by atoms with Crippen LogP contribution in [-0.4, -0.2) is 17.6 Å². The Labute approximate surface area is 79.6 Å². The van der Waals surface area contributed by atoms with Gasteiger partial charge in [0.25, 0.3) is 0 Å². The summed E-state index contributed by atoms with van der Waals surface area (Å²) in [5, 5.41) is 0. The molecule has 0 bridgehead atoms. The Balaban J connectivity index is 3.91. The van der Waals surface area contributed by atoms with Crippen molar-refractivity contribution >= 4 is 5.97 Å². The minimum Gasteiger partial charge on any atom is -0.459 e. The fraction of sp³-hybridized carbons (Fsp3) is 0.700. The van der Waals surface area contributed by atoms with Gasteiger partial charge in [-0.05, 0) is 27.2 Å². The highest BCUT2D eigenvalue weighted by atomic mass is 16.6. The van der Waals surface area contributed by atoms with Crippen LogP contribution in [0.15, 0.2) is 0 Å². The van der Waals surface area contributed by atoms with Crippen LogP contribution in [0.1, 0.15) is 33.6 Å². The highest BCUT2D eigenvalue weighted by Crippen LogP contribution is 2.09. The molecule has 3 nitrogen and oxygen atoms in total. The molecule has 0 unspecified atom stereocenters. The Morgan fingerprint density at radius 3 is 2.54 bits per heavy atom. The number of hydrogen-bond acceptors (Lipinski definition) is 3. The lowest BCUT2D eigenvalue weighted by Crippen LogP contribution is -2.37. The number of carbonyl (C=O) groups excluding carboxylic acids is 1. The first kappa shape index (κ1) is 12.0. The quantitative estimate of drug-likeness (QED) is 0.526. The number of ether oxygens (including phenoxy) is 1. The molecule has 0 aromatic rings. The van der Waals surface area contributed by atoms with Crippen molar-refractivity contribution in [1.29, 1.82) is 0 Å². The summed E-state index contributed by atoms with van der Waals surface area (Å²) in [6.07, 6.45) is 6.02. The molecule has 0 aromatic carbocycles. The van der Waals surface area contributed by atoms with Crippen LogP contribution in [0, 0.1) is 12.3 Å². The van der Waals surface area contributed by atoms with Crippen molar-refractivity contribution < 1.29 is 9.53 Å². The number of rotatable bonds is 3. The third kappa shape index (κ3) is 6.18. The molecule has 0 aliphatic heterocycles. The molecule has 0 aliphatic carbocycles. The molecule has 0 heterocycles. The first-order valence-electron chi connectivity index (χ1n) is 4.28. The van der Waals surface area contributed by atoms with Crippen molar-refractivity contribution in [2.75, 3.05) is 0 Å². The summed E-state index contributed by atoms with van der Waals surface area (Å²) in [6.45, 7) is 5.41. The third-order valence-corrected chi connectivity index (χ3v) is 1.31. The summed E-state index contributed by atoms with van der Waals surface area (Å²) in [7, 11) is 0. The maximum absolute atomic E-state index is 11.2. The molecule has 0 saturated carbocycles. The van der Waals surface area contributed by atoms with Crippen molar-refractivity contribution in [3.63, 3.8) is 0 Å². The number of esters is 1. The van der Waals surface area contributed by atoms with Gasteiger partial charge in [-0.1, -0.05) is 0 Å². The molecule has 0 aromatic heterocycles. The lowest BCUT2D eigenvalue weighted by atomic mass is 10.1. The Kier molecular flexibility index (Phi) is 4.50. The molecule has 0 fully saturated rings. The molecule has 2 N–H and O–H groups in total. The fourth-order valence-corrected chi connectivity index (χ4v) is 0.734. The molecule has 0 saturated heterocycles. The van der Waals surface area contributed by atoms with Gasteiger partial charge < -0.3 is 10.5 Å². The van der Waals surface area contributed by atoms with Crippen LogP contribution >= 0.6 is 0 Å². The normalized spacial score (nSPS) is 13.2. The van der Waals surface area contributed by atoms with Crippen molar-refractivity contribution in [3.05, 3.63) is 0 Å². The van der Waals surface area contributed by atoms with E-state index in [2.05, 4.69) is 5.92 Å². The maximum Gasteiger partial charge on any atom is 0.323 e. The van der Waals surface area contributed by atoms with Crippen LogP contribution in [-0.2, 0) is 9.53 Å². The largest absolute Gasteiger partial charge is 0.459 e. The van der Waals surface area contributed by atoms with Crippen LogP contribution in [0.25, 0.3) is 0 Å². The van der Waals surface area contributed by atoms with E-state index in [4.69, 9.17) is 16.9 Å². The van der Waals surface area contributed by atoms with E-state index in [1.807, 2.05) is 0 Å². The van der Waals surface area contributed by atoms with E-state index in [0.717, 1.165) is 0 Å². The summed E-state index contributed by atoms with van der Waals surface area (Å²) < 4.78 is 5.06. The minimum atomic E-state index is -0.602. The van der Waals surface area contributed by atoms with Crippen LogP contribution in [0.2, 0.25) is 0 Å². The number of terminal acetylenes is 1. The van der Waals surface area contributed by atoms with E-state index in [1.165, 1.54) is 0 Å². The van der Waals surface area contributed by atoms with Gasteiger partial charge in [-0.25, -0.2) is 0 Å². The molecule has 1 atom stereocenters. The second kappa shape index (κ2) is 4.88. The van der Waals surface area contributed by atoms with Gasteiger partial charge in [0, 0.05) is 6.42 Å². The fourth-order valence-electron chi connectivity index (χ4n) is 0.734. The standard InChI is InChI=1S/C10H17NO2/c1-5-6-7-8(11)9(12)13-10(2,3)4/h1,8H,6-7,11H2,2-4H3/t8-/m1/s1. The SMILES string of the molecule is C#CCC[C@@H](N)C(=O)OC(C)(C)C. The van der Waals surface area contributed by atoms with Gasteiger partial charge in [0.1, 0.15) is 11.6 Å². The van der Waals surface area contributed by atoms with E-state index < -0.39 is 11.6 Å². The van der Waals surface area contributed by atoms with Gasteiger partial charge in [0.15, 0.2) is 0 Å². The van der Waals surface area contributed by atoms with Crippen LogP contribution < -0.4 is 5.73 Å². The van der Waals surface area contributed by atoms with Crippen LogP contribution in [0.3, 0.4) is 0 Å². The smallest absolute Gasteiger partial charge is 0.323 e. The second-order valence-electron chi connectivity index (χ2n) is 3.88. The highest BCUT2D eigenvalue weighted by Gasteiger charge is 2.21. The molecular weight excluding hydrogens is 166 g/mol. The van der Waals surface area contributed by atoms with Gasteiger partial charge in [-0.3, -0.25) is 4.79 Å². The van der Waals surface area contributed by atoms with E-state index in [0.29, 0.717) is 12.8 Å². The molecule has 13 heavy (non-hydrogen) atoms. The average Bonchev–Trinajstić information content (AvgIpc) is 1.96. The average molecular weight is 183 g/mol. The molecule has 3 heteroatoms. The molecular formula is C10H17NO2. The van der Waals surface area contributed by atoms with E-state index in [9.17, 15) is 4.79 Å². The van der Waals surface area contributed by atoms with E-state index >= 15 is 0 Å². The summed E-state index contributed by atoms with van der Waals surface area (Å²) in [5.74, 6) is 2.04. The molecule has 0 amide bonds. The van der Waals surface area contributed by atoms with Gasteiger partial charge >= 0.3 is 5.97 Å². The topological polar surface area (TPSA) is 52.3 Å². The first-order valence-corrected chi connectivity index (χ1v) is 4.28. The number of carbonyl (C=O) groups is 1. The summed E-state index contributed by atoms with van der Waals surface area (Å²) in [6, 6.07) is -0.602. The zero-order valence-corrected chi connectivity index (χ0v) is 8.46.